The maximum atomic E-state index is 5.53. The van der Waals surface area contributed by atoms with E-state index in [1.165, 1.54) is 16.8 Å². The largest absolute Gasteiger partial charge is 0.494 e. The molecule has 0 radical (unpaired) electrons. The van der Waals surface area contributed by atoms with Crippen molar-refractivity contribution in [3.63, 3.8) is 0 Å². The highest BCUT2D eigenvalue weighted by molar-refractivity contribution is 9.10. The summed E-state index contributed by atoms with van der Waals surface area (Å²) in [7, 11) is 0. The van der Waals surface area contributed by atoms with Crippen LogP contribution in [0.25, 0.3) is 0 Å². The Balaban J connectivity index is 2.06. The molecule has 2 rings (SSSR count). The fourth-order valence-electron chi connectivity index (χ4n) is 2.14. The first-order chi connectivity index (χ1) is 9.72. The maximum absolute atomic E-state index is 5.53. The Bertz CT molecular complexity index is 569. The number of benzene rings is 2. The van der Waals surface area contributed by atoms with Gasteiger partial charge in [0.2, 0.25) is 0 Å². The average Bonchev–Trinajstić information content (AvgIpc) is 2.46. The standard InChI is InChI=1S/C17H20BrNO/c1-3-14-11-15(18)8-9-17(14)19-12-13-6-5-7-16(10-13)20-4-2/h5-11,19H,3-4,12H2,1-2H3. The summed E-state index contributed by atoms with van der Waals surface area (Å²) in [6.07, 6.45) is 1.01. The van der Waals surface area contributed by atoms with Gasteiger partial charge in [-0.05, 0) is 54.8 Å². The second-order valence-electron chi connectivity index (χ2n) is 4.59. The van der Waals surface area contributed by atoms with Crippen molar-refractivity contribution >= 4 is 21.6 Å². The van der Waals surface area contributed by atoms with Crippen molar-refractivity contribution in [1.29, 1.82) is 0 Å². The third-order valence-corrected chi connectivity index (χ3v) is 3.63. The Morgan fingerprint density at radius 1 is 1.10 bits per heavy atom. The summed E-state index contributed by atoms with van der Waals surface area (Å²) in [6.45, 7) is 5.67. The van der Waals surface area contributed by atoms with E-state index in [2.05, 4.69) is 58.5 Å². The number of hydrogen-bond acceptors (Lipinski definition) is 2. The minimum Gasteiger partial charge on any atom is -0.494 e. The summed E-state index contributed by atoms with van der Waals surface area (Å²) in [4.78, 5) is 0. The van der Waals surface area contributed by atoms with Crippen LogP contribution >= 0.6 is 15.9 Å². The van der Waals surface area contributed by atoms with Gasteiger partial charge >= 0.3 is 0 Å². The molecule has 0 saturated heterocycles. The highest BCUT2D eigenvalue weighted by Crippen LogP contribution is 2.22. The topological polar surface area (TPSA) is 21.3 Å². The van der Waals surface area contributed by atoms with Crippen molar-refractivity contribution in [2.24, 2.45) is 0 Å². The van der Waals surface area contributed by atoms with Crippen LogP contribution in [0.3, 0.4) is 0 Å². The lowest BCUT2D eigenvalue weighted by molar-refractivity contribution is 0.340. The fraction of sp³-hybridized carbons (Fsp3) is 0.294. The molecule has 0 heterocycles. The normalized spacial score (nSPS) is 10.3. The van der Waals surface area contributed by atoms with Crippen molar-refractivity contribution in [3.8, 4) is 5.75 Å². The van der Waals surface area contributed by atoms with Gasteiger partial charge in [-0.3, -0.25) is 0 Å². The summed E-state index contributed by atoms with van der Waals surface area (Å²) < 4.78 is 6.65. The van der Waals surface area contributed by atoms with E-state index in [9.17, 15) is 0 Å². The number of ether oxygens (including phenoxy) is 1. The lowest BCUT2D eigenvalue weighted by atomic mass is 10.1. The summed E-state index contributed by atoms with van der Waals surface area (Å²) in [5.41, 5.74) is 3.73. The summed E-state index contributed by atoms with van der Waals surface area (Å²) in [5, 5.41) is 3.50. The zero-order valence-electron chi connectivity index (χ0n) is 11.9. The third kappa shape index (κ3) is 4.01. The third-order valence-electron chi connectivity index (χ3n) is 3.14. The molecule has 0 bridgehead atoms. The molecular weight excluding hydrogens is 314 g/mol. The number of nitrogens with one attached hydrogen (secondary N) is 1. The Hall–Kier alpha value is -1.48. The van der Waals surface area contributed by atoms with Gasteiger partial charge in [-0.25, -0.2) is 0 Å². The molecule has 20 heavy (non-hydrogen) atoms. The van der Waals surface area contributed by atoms with E-state index < -0.39 is 0 Å². The Labute approximate surface area is 129 Å². The Morgan fingerprint density at radius 3 is 2.70 bits per heavy atom. The van der Waals surface area contributed by atoms with Crippen molar-refractivity contribution in [2.45, 2.75) is 26.8 Å². The Kier molecular flexibility index (Phi) is 5.48. The lowest BCUT2D eigenvalue weighted by Crippen LogP contribution is -2.02. The van der Waals surface area contributed by atoms with Gasteiger partial charge in [-0.2, -0.15) is 0 Å². The number of hydrogen-bond donors (Lipinski definition) is 1. The molecule has 1 N–H and O–H groups in total. The number of rotatable bonds is 6. The highest BCUT2D eigenvalue weighted by atomic mass is 79.9. The second-order valence-corrected chi connectivity index (χ2v) is 5.50. The molecule has 106 valence electrons. The van der Waals surface area contributed by atoms with Gasteiger partial charge in [-0.1, -0.05) is 35.0 Å². The average molecular weight is 334 g/mol. The molecular formula is C17H20BrNO. The first-order valence-electron chi connectivity index (χ1n) is 6.97. The highest BCUT2D eigenvalue weighted by Gasteiger charge is 2.02. The monoisotopic (exact) mass is 333 g/mol. The lowest BCUT2D eigenvalue weighted by Gasteiger charge is -2.12. The summed E-state index contributed by atoms with van der Waals surface area (Å²) in [5.74, 6) is 0.929. The minimum atomic E-state index is 0.698. The number of halogens is 1. The van der Waals surface area contributed by atoms with E-state index in [0.29, 0.717) is 6.61 Å². The van der Waals surface area contributed by atoms with Crippen LogP contribution in [0.5, 0.6) is 5.75 Å². The molecule has 3 heteroatoms. The maximum Gasteiger partial charge on any atom is 0.119 e. The molecule has 2 nitrogen and oxygen atoms in total. The van der Waals surface area contributed by atoms with Gasteiger partial charge in [0, 0.05) is 16.7 Å². The van der Waals surface area contributed by atoms with E-state index in [4.69, 9.17) is 4.74 Å². The van der Waals surface area contributed by atoms with E-state index in [0.717, 1.165) is 23.2 Å². The molecule has 2 aromatic carbocycles. The molecule has 0 amide bonds. The van der Waals surface area contributed by atoms with Crippen LogP contribution < -0.4 is 10.1 Å². The molecule has 0 unspecified atom stereocenters. The van der Waals surface area contributed by atoms with Crippen LogP contribution in [0, 0.1) is 0 Å². The van der Waals surface area contributed by atoms with Crippen LogP contribution in [-0.4, -0.2) is 6.61 Å². The number of anilines is 1. The smallest absolute Gasteiger partial charge is 0.119 e. The van der Waals surface area contributed by atoms with Crippen LogP contribution in [0.2, 0.25) is 0 Å². The molecule has 0 aliphatic rings. The van der Waals surface area contributed by atoms with E-state index in [-0.39, 0.29) is 0 Å². The predicted molar refractivity (Wildman–Crippen MR) is 88.5 cm³/mol. The molecule has 0 fully saturated rings. The zero-order valence-corrected chi connectivity index (χ0v) is 13.5. The molecule has 0 atom stereocenters. The molecule has 0 aliphatic carbocycles. The summed E-state index contributed by atoms with van der Waals surface area (Å²) >= 11 is 3.52. The van der Waals surface area contributed by atoms with Gasteiger partial charge in [0.15, 0.2) is 0 Å². The van der Waals surface area contributed by atoms with Crippen LogP contribution in [0.1, 0.15) is 25.0 Å². The Morgan fingerprint density at radius 2 is 1.95 bits per heavy atom. The van der Waals surface area contributed by atoms with Gasteiger partial charge in [0.25, 0.3) is 0 Å². The van der Waals surface area contributed by atoms with Crippen LogP contribution in [0.4, 0.5) is 5.69 Å². The van der Waals surface area contributed by atoms with Crippen molar-refractivity contribution in [2.75, 3.05) is 11.9 Å². The first kappa shape index (κ1) is 14.9. The quantitative estimate of drug-likeness (QED) is 0.801. The van der Waals surface area contributed by atoms with Crippen molar-refractivity contribution in [1.82, 2.24) is 0 Å². The van der Waals surface area contributed by atoms with Crippen LogP contribution in [0.15, 0.2) is 46.9 Å². The number of aryl methyl sites for hydroxylation is 1. The minimum absolute atomic E-state index is 0.698. The first-order valence-corrected chi connectivity index (χ1v) is 7.76. The molecule has 0 spiro atoms. The van der Waals surface area contributed by atoms with Crippen molar-refractivity contribution in [3.05, 3.63) is 58.1 Å². The van der Waals surface area contributed by atoms with E-state index in [1.54, 1.807) is 0 Å². The molecule has 0 aliphatic heterocycles. The SMILES string of the molecule is CCOc1cccc(CNc2ccc(Br)cc2CC)c1. The molecule has 0 saturated carbocycles. The van der Waals surface area contributed by atoms with E-state index in [1.807, 2.05) is 19.1 Å². The van der Waals surface area contributed by atoms with Gasteiger partial charge in [0.1, 0.15) is 5.75 Å². The fourth-order valence-corrected chi connectivity index (χ4v) is 2.54. The zero-order chi connectivity index (χ0) is 14.4. The second kappa shape index (κ2) is 7.34. The molecule has 2 aromatic rings. The predicted octanol–water partition coefficient (Wildman–Crippen LogP) is 5.02. The van der Waals surface area contributed by atoms with Gasteiger partial charge in [-0.15, -0.1) is 0 Å². The van der Waals surface area contributed by atoms with Crippen molar-refractivity contribution < 1.29 is 4.74 Å². The van der Waals surface area contributed by atoms with Gasteiger partial charge < -0.3 is 10.1 Å². The molecule has 0 aromatic heterocycles. The van der Waals surface area contributed by atoms with Gasteiger partial charge in [0.05, 0.1) is 6.61 Å². The summed E-state index contributed by atoms with van der Waals surface area (Å²) in [6, 6.07) is 14.6. The van der Waals surface area contributed by atoms with Crippen LogP contribution in [-0.2, 0) is 13.0 Å². The van der Waals surface area contributed by atoms with E-state index >= 15 is 0 Å².